The summed E-state index contributed by atoms with van der Waals surface area (Å²) in [6.45, 7) is 4.42. The first kappa shape index (κ1) is 45.7. The van der Waals surface area contributed by atoms with Gasteiger partial charge in [0.05, 0.1) is 12.2 Å². The first-order valence-electron chi connectivity index (χ1n) is 20.5. The van der Waals surface area contributed by atoms with Gasteiger partial charge in [-0.15, -0.1) is 0 Å². The van der Waals surface area contributed by atoms with E-state index < -0.39 is 54.1 Å². The van der Waals surface area contributed by atoms with Crippen LogP contribution in [0, 0.1) is 5.92 Å². The number of hydrogen-bond acceptors (Lipinski definition) is 9. The third-order valence-electron chi connectivity index (χ3n) is 10.2. The highest BCUT2D eigenvalue weighted by Crippen LogP contribution is 2.25. The molecule has 0 unspecified atom stereocenters. The molecule has 56 heavy (non-hydrogen) atoms. The molecule has 1 fully saturated rings. The van der Waals surface area contributed by atoms with Crippen molar-refractivity contribution in [3.8, 4) is 5.75 Å². The molecule has 2 aliphatic rings. The molecule has 2 aliphatic heterocycles. The smallest absolute Gasteiger partial charge is 0.303 e. The fraction of sp³-hybridized carbons (Fsp3) is 0.675. The van der Waals surface area contributed by atoms with Gasteiger partial charge in [-0.25, -0.2) is 0 Å². The van der Waals surface area contributed by atoms with Crippen molar-refractivity contribution >= 4 is 47.1 Å². The van der Waals surface area contributed by atoms with Crippen LogP contribution < -0.4 is 42.4 Å². The average Bonchev–Trinajstić information content (AvgIpc) is 3.17. The van der Waals surface area contributed by atoms with Crippen molar-refractivity contribution in [3.05, 3.63) is 23.8 Å². The zero-order chi connectivity index (χ0) is 40.7. The molecule has 1 aromatic rings. The van der Waals surface area contributed by atoms with Gasteiger partial charge in [-0.1, -0.05) is 64.7 Å². The van der Waals surface area contributed by atoms with E-state index in [4.69, 9.17) is 10.5 Å². The number of rotatable bonds is 21. The minimum absolute atomic E-state index is 0.0173. The van der Waals surface area contributed by atoms with E-state index in [2.05, 4.69) is 31.9 Å². The lowest BCUT2D eigenvalue weighted by molar-refractivity contribution is -0.137. The number of ether oxygens (including phenoxy) is 1. The highest BCUT2D eigenvalue weighted by atomic mass is 16.5. The number of hydrogen-bond donors (Lipinski definition) is 8. The van der Waals surface area contributed by atoms with Crippen molar-refractivity contribution in [2.24, 2.45) is 11.7 Å². The number of aliphatic carboxylic acids is 1. The Hall–Kier alpha value is -4.73. The van der Waals surface area contributed by atoms with Gasteiger partial charge < -0.3 is 47.5 Å². The standard InChI is InChI=1S/C40H63N7O9/c1-2-3-10-13-31-39(54)45-30(36(41)51)21-25-56-33-17-15-28(26-29(33)38(53)46-32(40(55)47-31)16-18-35(49)50)44-34(48)14-11-8-6-4-5-7-9-12-22-43-37(52)27-19-23-42-24-20-27/h15,17,26-27,30-32,42H,2-14,16,18-25H2,1H3,(H2,41,51)(H,43,52)(H,44,48)(H,45,54)(H,46,53)(H,47,55)(H,49,50)/t30-,31-,32-/m0/s1. The van der Waals surface area contributed by atoms with Crippen molar-refractivity contribution in [1.82, 2.24) is 26.6 Å². The molecule has 9 N–H and O–H groups in total. The van der Waals surface area contributed by atoms with Crippen LogP contribution in [-0.4, -0.2) is 90.9 Å². The Morgan fingerprint density at radius 2 is 1.46 bits per heavy atom. The van der Waals surface area contributed by atoms with Crippen LogP contribution >= 0.6 is 0 Å². The summed E-state index contributed by atoms with van der Waals surface area (Å²) in [4.78, 5) is 89.2. The summed E-state index contributed by atoms with van der Waals surface area (Å²) in [5, 5.41) is 26.4. The van der Waals surface area contributed by atoms with E-state index in [9.17, 15) is 38.7 Å². The quantitative estimate of drug-likeness (QED) is 0.0847. The largest absolute Gasteiger partial charge is 0.493 e. The van der Waals surface area contributed by atoms with E-state index in [1.54, 1.807) is 6.07 Å². The SMILES string of the molecule is CCCCC[C@@H]1NC(=O)[C@H](CCC(=O)O)NC(=O)c2cc(NC(=O)CCCCCCCCCCNC(=O)C3CCNCC3)ccc2OCC[C@@H](C(N)=O)NC1=O. The van der Waals surface area contributed by atoms with E-state index in [0.29, 0.717) is 18.5 Å². The Labute approximate surface area is 330 Å². The predicted octanol–water partition coefficient (Wildman–Crippen LogP) is 3.03. The highest BCUT2D eigenvalue weighted by Gasteiger charge is 2.31. The molecule has 3 rings (SSSR count). The van der Waals surface area contributed by atoms with Crippen molar-refractivity contribution in [2.45, 2.75) is 141 Å². The minimum Gasteiger partial charge on any atom is -0.493 e. The number of fused-ring (bicyclic) bond motifs is 1. The van der Waals surface area contributed by atoms with Gasteiger partial charge in [0.2, 0.25) is 29.5 Å². The Bertz CT molecular complexity index is 1470. The van der Waals surface area contributed by atoms with Crippen LogP contribution in [0.2, 0.25) is 0 Å². The summed E-state index contributed by atoms with van der Waals surface area (Å²) in [5.41, 5.74) is 5.88. The van der Waals surface area contributed by atoms with Gasteiger partial charge in [-0.3, -0.25) is 33.6 Å². The molecule has 1 aromatic carbocycles. The summed E-state index contributed by atoms with van der Waals surface area (Å²) in [6, 6.07) is 0.961. The summed E-state index contributed by atoms with van der Waals surface area (Å²) in [7, 11) is 0. The Morgan fingerprint density at radius 1 is 0.804 bits per heavy atom. The summed E-state index contributed by atoms with van der Waals surface area (Å²) in [6.07, 6.45) is 11.8. The van der Waals surface area contributed by atoms with Gasteiger partial charge in [0.1, 0.15) is 23.9 Å². The highest BCUT2D eigenvalue weighted by molar-refractivity contribution is 6.02. The zero-order valence-corrected chi connectivity index (χ0v) is 32.9. The summed E-state index contributed by atoms with van der Waals surface area (Å²) >= 11 is 0. The molecule has 0 bridgehead atoms. The maximum Gasteiger partial charge on any atom is 0.303 e. The van der Waals surface area contributed by atoms with Crippen molar-refractivity contribution in [1.29, 1.82) is 0 Å². The second-order valence-corrected chi connectivity index (χ2v) is 14.8. The number of carbonyl (C=O) groups is 7. The average molecular weight is 786 g/mol. The lowest BCUT2D eigenvalue weighted by Crippen LogP contribution is -2.56. The van der Waals surface area contributed by atoms with Crippen LogP contribution in [0.25, 0.3) is 0 Å². The van der Waals surface area contributed by atoms with Crippen LogP contribution in [0.4, 0.5) is 5.69 Å². The maximum atomic E-state index is 13.7. The number of anilines is 1. The normalized spacial score (nSPS) is 19.6. The Kier molecular flexibility index (Phi) is 20.7. The van der Waals surface area contributed by atoms with Crippen LogP contribution in [0.5, 0.6) is 5.75 Å². The van der Waals surface area contributed by atoms with Gasteiger partial charge in [-0.05, 0) is 69.8 Å². The minimum atomic E-state index is -1.32. The zero-order valence-electron chi connectivity index (χ0n) is 32.9. The Morgan fingerprint density at radius 3 is 2.14 bits per heavy atom. The summed E-state index contributed by atoms with van der Waals surface area (Å²) < 4.78 is 5.87. The van der Waals surface area contributed by atoms with Gasteiger partial charge in [0, 0.05) is 37.4 Å². The fourth-order valence-electron chi connectivity index (χ4n) is 6.80. The monoisotopic (exact) mass is 785 g/mol. The molecule has 0 aliphatic carbocycles. The molecular formula is C40H63N7O9. The number of carboxylic acids is 1. The van der Waals surface area contributed by atoms with Crippen LogP contribution in [0.1, 0.15) is 133 Å². The lowest BCUT2D eigenvalue weighted by atomic mass is 9.97. The van der Waals surface area contributed by atoms with Gasteiger partial charge >= 0.3 is 5.97 Å². The molecule has 16 nitrogen and oxygen atoms in total. The maximum absolute atomic E-state index is 13.7. The number of nitrogens with two attached hydrogens (primary N) is 1. The lowest BCUT2D eigenvalue weighted by Gasteiger charge is -2.26. The van der Waals surface area contributed by atoms with Gasteiger partial charge in [0.15, 0.2) is 0 Å². The molecule has 3 atom stereocenters. The van der Waals surface area contributed by atoms with E-state index in [1.165, 1.54) is 12.1 Å². The van der Waals surface area contributed by atoms with E-state index in [1.807, 2.05) is 6.92 Å². The van der Waals surface area contributed by atoms with Crippen LogP contribution in [0.3, 0.4) is 0 Å². The number of carbonyl (C=O) groups excluding carboxylic acids is 6. The molecule has 0 radical (unpaired) electrons. The van der Waals surface area contributed by atoms with Gasteiger partial charge in [-0.2, -0.15) is 0 Å². The number of primary amides is 1. The second-order valence-electron chi connectivity index (χ2n) is 14.8. The third kappa shape index (κ3) is 17.0. The van der Waals surface area contributed by atoms with Crippen LogP contribution in [-0.2, 0) is 28.8 Å². The van der Waals surface area contributed by atoms with E-state index in [0.717, 1.165) is 90.3 Å². The second kappa shape index (κ2) is 25.4. The molecule has 6 amide bonds. The molecule has 2 heterocycles. The number of nitrogens with one attached hydrogen (secondary N) is 6. The molecule has 0 spiro atoms. The summed E-state index contributed by atoms with van der Waals surface area (Å²) in [5.74, 6) is -3.94. The molecule has 0 aromatic heterocycles. The Balaban J connectivity index is 1.54. The van der Waals surface area contributed by atoms with Crippen molar-refractivity contribution in [2.75, 3.05) is 31.6 Å². The fourth-order valence-corrected chi connectivity index (χ4v) is 6.80. The topological polar surface area (TPSA) is 247 Å². The predicted molar refractivity (Wildman–Crippen MR) is 211 cm³/mol. The first-order valence-corrected chi connectivity index (χ1v) is 20.5. The van der Waals surface area contributed by atoms with E-state index >= 15 is 0 Å². The van der Waals surface area contributed by atoms with E-state index in [-0.39, 0.29) is 61.3 Å². The number of carboxylic acid groups (broad SMARTS) is 1. The molecule has 312 valence electrons. The first-order chi connectivity index (χ1) is 27.0. The third-order valence-corrected chi connectivity index (χ3v) is 10.2. The molecule has 1 saturated heterocycles. The number of benzene rings is 1. The molecular weight excluding hydrogens is 722 g/mol. The van der Waals surface area contributed by atoms with Crippen molar-refractivity contribution in [3.63, 3.8) is 0 Å². The number of unbranched alkanes of at least 4 members (excludes halogenated alkanes) is 9. The number of amides is 6. The van der Waals surface area contributed by atoms with Crippen molar-refractivity contribution < 1.29 is 43.4 Å². The number of piperidine rings is 1. The molecule has 0 saturated carbocycles. The molecule has 16 heteroatoms. The van der Waals surface area contributed by atoms with Crippen LogP contribution in [0.15, 0.2) is 18.2 Å². The van der Waals surface area contributed by atoms with Gasteiger partial charge in [0.25, 0.3) is 5.91 Å².